The number of halogens is 1. The van der Waals surface area contributed by atoms with Crippen molar-refractivity contribution in [3.8, 4) is 6.07 Å². The first-order valence-electron chi connectivity index (χ1n) is 5.70. The lowest BCUT2D eigenvalue weighted by atomic mass is 10.0. The van der Waals surface area contributed by atoms with E-state index in [9.17, 15) is 9.18 Å². The molecule has 0 aliphatic carbocycles. The Bertz CT molecular complexity index is 489. The molecule has 4 heteroatoms. The normalized spacial score (nSPS) is 10.3. The maximum Gasteiger partial charge on any atom is 0.216 e. The van der Waals surface area contributed by atoms with Crippen LogP contribution in [0.4, 0.5) is 4.39 Å². The molecular weight excluding hydrogens is 231 g/mol. The van der Waals surface area contributed by atoms with Gasteiger partial charge in [-0.25, -0.2) is 4.39 Å². The minimum absolute atomic E-state index is 0.0701. The number of carbonyl (C=O) groups is 1. The Morgan fingerprint density at radius 1 is 1.56 bits per heavy atom. The van der Waals surface area contributed by atoms with Crippen LogP contribution in [0.3, 0.4) is 0 Å². The highest BCUT2D eigenvalue weighted by Crippen LogP contribution is 2.14. The molecule has 1 rings (SSSR count). The van der Waals surface area contributed by atoms with Gasteiger partial charge < -0.3 is 5.32 Å². The summed E-state index contributed by atoms with van der Waals surface area (Å²) in [5.41, 5.74) is 1.51. The fourth-order valence-electron chi connectivity index (χ4n) is 1.51. The van der Waals surface area contributed by atoms with E-state index in [1.807, 2.05) is 12.1 Å². The summed E-state index contributed by atoms with van der Waals surface area (Å²) < 4.78 is 13.1. The molecule has 1 aromatic carbocycles. The number of benzene rings is 1. The van der Waals surface area contributed by atoms with Crippen LogP contribution in [0.2, 0.25) is 0 Å². The molecule has 0 bridgehead atoms. The van der Waals surface area contributed by atoms with Gasteiger partial charge in [0, 0.05) is 13.5 Å². The van der Waals surface area contributed by atoms with Crippen LogP contribution in [0.5, 0.6) is 0 Å². The predicted octanol–water partition coefficient (Wildman–Crippen LogP) is 2.43. The number of nitrogens with one attached hydrogen (secondary N) is 1. The molecular formula is C14H15FN2O. The molecule has 0 fully saturated rings. The standard InChI is InChI=1S/C14H15FN2O/c1-11(18)17-9-3-2-4-13-10-14(15)6-5-12(13)7-8-16/h2,4-6,10H,3,7,9H2,1H3,(H,17,18). The molecule has 0 radical (unpaired) electrons. The quantitative estimate of drug-likeness (QED) is 0.811. The molecule has 0 atom stereocenters. The number of nitrogens with zero attached hydrogens (tertiary/aromatic N) is 1. The third kappa shape index (κ3) is 4.79. The minimum atomic E-state index is -0.321. The van der Waals surface area contributed by atoms with Gasteiger partial charge in [0.25, 0.3) is 0 Å². The van der Waals surface area contributed by atoms with E-state index in [0.717, 1.165) is 5.56 Å². The average molecular weight is 246 g/mol. The second kappa shape index (κ2) is 7.23. The Morgan fingerprint density at radius 2 is 2.33 bits per heavy atom. The summed E-state index contributed by atoms with van der Waals surface area (Å²) in [6.07, 6.45) is 4.55. The number of carbonyl (C=O) groups excluding carboxylic acids is 1. The lowest BCUT2D eigenvalue weighted by molar-refractivity contribution is -0.118. The number of hydrogen-bond acceptors (Lipinski definition) is 2. The first-order valence-corrected chi connectivity index (χ1v) is 5.70. The van der Waals surface area contributed by atoms with Gasteiger partial charge in [0.05, 0.1) is 12.5 Å². The van der Waals surface area contributed by atoms with Crippen LogP contribution in [0, 0.1) is 17.1 Å². The molecule has 1 amide bonds. The van der Waals surface area contributed by atoms with Gasteiger partial charge in [0.2, 0.25) is 5.91 Å². The summed E-state index contributed by atoms with van der Waals surface area (Å²) in [6, 6.07) is 6.42. The van der Waals surface area contributed by atoms with E-state index < -0.39 is 0 Å². The van der Waals surface area contributed by atoms with Crippen molar-refractivity contribution in [2.24, 2.45) is 0 Å². The fourth-order valence-corrected chi connectivity index (χ4v) is 1.51. The van der Waals surface area contributed by atoms with Crippen molar-refractivity contribution in [3.05, 3.63) is 41.2 Å². The van der Waals surface area contributed by atoms with Crippen molar-refractivity contribution in [1.82, 2.24) is 5.32 Å². The van der Waals surface area contributed by atoms with E-state index in [4.69, 9.17) is 5.26 Å². The van der Waals surface area contributed by atoms with Gasteiger partial charge >= 0.3 is 0 Å². The molecule has 1 aromatic rings. The summed E-state index contributed by atoms with van der Waals surface area (Å²) in [5.74, 6) is -0.391. The Balaban J connectivity index is 2.64. The molecule has 0 heterocycles. The topological polar surface area (TPSA) is 52.9 Å². The second-order valence-corrected chi connectivity index (χ2v) is 3.85. The van der Waals surface area contributed by atoms with Crippen LogP contribution in [0.25, 0.3) is 6.08 Å². The minimum Gasteiger partial charge on any atom is -0.356 e. The zero-order valence-corrected chi connectivity index (χ0v) is 10.2. The molecule has 18 heavy (non-hydrogen) atoms. The lowest BCUT2D eigenvalue weighted by Gasteiger charge is -2.02. The van der Waals surface area contributed by atoms with Crippen molar-refractivity contribution in [1.29, 1.82) is 5.26 Å². The lowest BCUT2D eigenvalue weighted by Crippen LogP contribution is -2.20. The molecule has 0 saturated heterocycles. The molecule has 0 aliphatic heterocycles. The SMILES string of the molecule is CC(=O)NCCC=Cc1cc(F)ccc1CC#N. The summed E-state index contributed by atoms with van der Waals surface area (Å²) in [4.78, 5) is 10.6. The Labute approximate surface area is 106 Å². The number of hydrogen-bond donors (Lipinski definition) is 1. The maximum absolute atomic E-state index is 13.1. The average Bonchev–Trinajstić information content (AvgIpc) is 2.32. The monoisotopic (exact) mass is 246 g/mol. The maximum atomic E-state index is 13.1. The molecule has 0 saturated carbocycles. The van der Waals surface area contributed by atoms with Crippen LogP contribution in [0.15, 0.2) is 24.3 Å². The zero-order valence-electron chi connectivity index (χ0n) is 10.2. The summed E-state index contributed by atoms with van der Waals surface area (Å²) >= 11 is 0. The smallest absolute Gasteiger partial charge is 0.216 e. The first kappa shape index (κ1) is 13.9. The van der Waals surface area contributed by atoms with Crippen molar-refractivity contribution in [2.45, 2.75) is 19.8 Å². The third-order valence-electron chi connectivity index (χ3n) is 2.36. The van der Waals surface area contributed by atoms with Gasteiger partial charge in [-0.05, 0) is 29.7 Å². The Morgan fingerprint density at radius 3 is 3.00 bits per heavy atom. The summed E-state index contributed by atoms with van der Waals surface area (Å²) in [5, 5.41) is 11.3. The van der Waals surface area contributed by atoms with Crippen LogP contribution in [-0.2, 0) is 11.2 Å². The van der Waals surface area contributed by atoms with Crippen molar-refractivity contribution >= 4 is 12.0 Å². The van der Waals surface area contributed by atoms with Gasteiger partial charge in [-0.3, -0.25) is 4.79 Å². The Kier molecular flexibility index (Phi) is 5.59. The highest BCUT2D eigenvalue weighted by Gasteiger charge is 2.00. The van der Waals surface area contributed by atoms with E-state index in [2.05, 4.69) is 5.32 Å². The highest BCUT2D eigenvalue weighted by atomic mass is 19.1. The van der Waals surface area contributed by atoms with Crippen LogP contribution < -0.4 is 5.32 Å². The fraction of sp³-hybridized carbons (Fsp3) is 0.286. The first-order chi connectivity index (χ1) is 8.63. The van der Waals surface area contributed by atoms with Crippen molar-refractivity contribution < 1.29 is 9.18 Å². The molecule has 3 nitrogen and oxygen atoms in total. The summed E-state index contributed by atoms with van der Waals surface area (Å²) in [7, 11) is 0. The predicted molar refractivity (Wildman–Crippen MR) is 68.1 cm³/mol. The largest absolute Gasteiger partial charge is 0.356 e. The summed E-state index contributed by atoms with van der Waals surface area (Å²) in [6.45, 7) is 2.01. The van der Waals surface area contributed by atoms with Crippen molar-refractivity contribution in [2.75, 3.05) is 6.54 Å². The van der Waals surface area contributed by atoms with Gasteiger partial charge in [-0.1, -0.05) is 18.2 Å². The van der Waals surface area contributed by atoms with E-state index >= 15 is 0 Å². The molecule has 0 spiro atoms. The Hall–Kier alpha value is -2.15. The molecule has 0 unspecified atom stereocenters. The molecule has 1 N–H and O–H groups in total. The second-order valence-electron chi connectivity index (χ2n) is 3.85. The van der Waals surface area contributed by atoms with Crippen LogP contribution in [-0.4, -0.2) is 12.5 Å². The van der Waals surface area contributed by atoms with E-state index in [0.29, 0.717) is 18.5 Å². The molecule has 94 valence electrons. The van der Waals surface area contributed by atoms with E-state index in [-0.39, 0.29) is 18.1 Å². The van der Waals surface area contributed by atoms with E-state index in [1.165, 1.54) is 19.1 Å². The number of amides is 1. The number of nitriles is 1. The van der Waals surface area contributed by atoms with Crippen molar-refractivity contribution in [3.63, 3.8) is 0 Å². The third-order valence-corrected chi connectivity index (χ3v) is 2.36. The van der Waals surface area contributed by atoms with E-state index in [1.54, 1.807) is 12.1 Å². The zero-order chi connectivity index (χ0) is 13.4. The molecule has 0 aromatic heterocycles. The van der Waals surface area contributed by atoms with Gasteiger partial charge in [0.1, 0.15) is 5.82 Å². The number of rotatable bonds is 5. The van der Waals surface area contributed by atoms with Gasteiger partial charge in [0.15, 0.2) is 0 Å². The van der Waals surface area contributed by atoms with Gasteiger partial charge in [-0.2, -0.15) is 5.26 Å². The van der Waals surface area contributed by atoms with Gasteiger partial charge in [-0.15, -0.1) is 0 Å². The van der Waals surface area contributed by atoms with Crippen LogP contribution in [0.1, 0.15) is 24.5 Å². The molecule has 0 aliphatic rings. The highest BCUT2D eigenvalue weighted by molar-refractivity contribution is 5.72. The van der Waals surface area contributed by atoms with Crippen LogP contribution >= 0.6 is 0 Å².